The van der Waals surface area contributed by atoms with Gasteiger partial charge in [-0.2, -0.15) is 4.31 Å². The van der Waals surface area contributed by atoms with E-state index in [0.717, 1.165) is 38.5 Å². The van der Waals surface area contributed by atoms with Crippen LogP contribution in [0.3, 0.4) is 0 Å². The summed E-state index contributed by atoms with van der Waals surface area (Å²) in [6.07, 6.45) is 6.40. The molecule has 128 valence electrons. The van der Waals surface area contributed by atoms with E-state index in [9.17, 15) is 13.5 Å². The highest BCUT2D eigenvalue weighted by Crippen LogP contribution is 2.37. The van der Waals surface area contributed by atoms with Gasteiger partial charge in [-0.1, -0.05) is 12.8 Å². The van der Waals surface area contributed by atoms with Crippen LogP contribution in [0.2, 0.25) is 0 Å². The van der Waals surface area contributed by atoms with Gasteiger partial charge in [-0.05, 0) is 31.7 Å². The van der Waals surface area contributed by atoms with Crippen LogP contribution in [-0.2, 0) is 10.0 Å². The number of hydrogen-bond donors (Lipinski definition) is 1. The van der Waals surface area contributed by atoms with Gasteiger partial charge in [0.15, 0.2) is 0 Å². The van der Waals surface area contributed by atoms with Crippen molar-refractivity contribution in [3.63, 3.8) is 0 Å². The van der Waals surface area contributed by atoms with E-state index in [4.69, 9.17) is 4.74 Å². The van der Waals surface area contributed by atoms with Gasteiger partial charge in [0, 0.05) is 24.6 Å². The van der Waals surface area contributed by atoms with Crippen molar-refractivity contribution in [3.05, 3.63) is 18.3 Å². The summed E-state index contributed by atoms with van der Waals surface area (Å²) in [6, 6.07) is 3.00. The SMILES string of the molecule is COc1ccc(S(=O)(=O)N2CCC[C@@H]2[C@@H]2CCCC[C@H]2O)cn1. The molecule has 1 N–H and O–H groups in total. The molecule has 3 rings (SSSR count). The smallest absolute Gasteiger partial charge is 0.244 e. The van der Waals surface area contributed by atoms with Crippen LogP contribution in [0.15, 0.2) is 23.2 Å². The van der Waals surface area contributed by atoms with Gasteiger partial charge in [0.25, 0.3) is 0 Å². The van der Waals surface area contributed by atoms with Gasteiger partial charge >= 0.3 is 0 Å². The summed E-state index contributed by atoms with van der Waals surface area (Å²) < 4.78 is 32.5. The molecule has 23 heavy (non-hydrogen) atoms. The molecule has 1 aromatic rings. The van der Waals surface area contributed by atoms with Crippen LogP contribution in [0.25, 0.3) is 0 Å². The zero-order chi connectivity index (χ0) is 16.4. The minimum Gasteiger partial charge on any atom is -0.481 e. The molecule has 3 atom stereocenters. The van der Waals surface area contributed by atoms with Gasteiger partial charge in [-0.3, -0.25) is 0 Å². The molecule has 0 amide bonds. The van der Waals surface area contributed by atoms with Gasteiger partial charge in [-0.25, -0.2) is 13.4 Å². The summed E-state index contributed by atoms with van der Waals surface area (Å²) in [6.45, 7) is 0.516. The van der Waals surface area contributed by atoms with Gasteiger partial charge in [0.2, 0.25) is 15.9 Å². The molecular formula is C16H24N2O4S. The molecule has 0 spiro atoms. The highest BCUT2D eigenvalue weighted by Gasteiger charge is 2.42. The molecule has 1 aliphatic heterocycles. The first-order valence-electron chi connectivity index (χ1n) is 8.24. The Kier molecular flexibility index (Phi) is 4.89. The number of ether oxygens (including phenoxy) is 1. The normalized spacial score (nSPS) is 29.6. The maximum absolute atomic E-state index is 13.0. The molecular weight excluding hydrogens is 316 g/mol. The molecule has 2 aliphatic rings. The Bertz CT molecular complexity index is 632. The van der Waals surface area contributed by atoms with Gasteiger partial charge in [-0.15, -0.1) is 0 Å². The van der Waals surface area contributed by atoms with E-state index in [2.05, 4.69) is 4.98 Å². The highest BCUT2D eigenvalue weighted by molar-refractivity contribution is 7.89. The largest absolute Gasteiger partial charge is 0.481 e. The third-order valence-electron chi connectivity index (χ3n) is 5.05. The van der Waals surface area contributed by atoms with E-state index < -0.39 is 16.1 Å². The molecule has 0 aromatic carbocycles. The van der Waals surface area contributed by atoms with Crippen LogP contribution in [0, 0.1) is 5.92 Å². The number of pyridine rings is 1. The summed E-state index contributed by atoms with van der Waals surface area (Å²) >= 11 is 0. The monoisotopic (exact) mass is 340 g/mol. The van der Waals surface area contributed by atoms with E-state index in [0.29, 0.717) is 12.4 Å². The Morgan fingerprint density at radius 1 is 1.22 bits per heavy atom. The summed E-state index contributed by atoms with van der Waals surface area (Å²) in [5, 5.41) is 10.3. The topological polar surface area (TPSA) is 79.7 Å². The minimum absolute atomic E-state index is 0.0484. The van der Waals surface area contributed by atoms with Crippen molar-refractivity contribution in [2.24, 2.45) is 5.92 Å². The predicted octanol–water partition coefficient (Wildman–Crippen LogP) is 1.79. The second kappa shape index (κ2) is 6.75. The maximum Gasteiger partial charge on any atom is 0.244 e. The summed E-state index contributed by atoms with van der Waals surface area (Å²) in [4.78, 5) is 4.20. The molecule has 1 aromatic heterocycles. The fourth-order valence-corrected chi connectivity index (χ4v) is 5.54. The fourth-order valence-electron chi connectivity index (χ4n) is 3.86. The Morgan fingerprint density at radius 3 is 2.65 bits per heavy atom. The van der Waals surface area contributed by atoms with Crippen LogP contribution in [0.4, 0.5) is 0 Å². The molecule has 7 heteroatoms. The van der Waals surface area contributed by atoms with Gasteiger partial charge in [0.05, 0.1) is 19.4 Å². The lowest BCUT2D eigenvalue weighted by Gasteiger charge is -2.36. The molecule has 0 radical (unpaired) electrons. The number of methoxy groups -OCH3 is 1. The van der Waals surface area contributed by atoms with E-state index in [-0.39, 0.29) is 16.9 Å². The van der Waals surface area contributed by atoms with E-state index in [1.54, 1.807) is 10.4 Å². The first kappa shape index (κ1) is 16.7. The van der Waals surface area contributed by atoms with Gasteiger partial charge < -0.3 is 9.84 Å². The lowest BCUT2D eigenvalue weighted by molar-refractivity contribution is 0.0386. The zero-order valence-corrected chi connectivity index (χ0v) is 14.2. The predicted molar refractivity (Wildman–Crippen MR) is 85.7 cm³/mol. The van der Waals surface area contributed by atoms with Crippen molar-refractivity contribution >= 4 is 10.0 Å². The van der Waals surface area contributed by atoms with Crippen molar-refractivity contribution in [1.82, 2.24) is 9.29 Å². The Balaban J connectivity index is 1.85. The van der Waals surface area contributed by atoms with E-state index in [1.807, 2.05) is 0 Å². The average Bonchev–Trinajstić information content (AvgIpc) is 3.05. The molecule has 2 heterocycles. The number of aliphatic hydroxyl groups excluding tert-OH is 1. The number of hydrogen-bond acceptors (Lipinski definition) is 5. The number of nitrogens with zero attached hydrogens (tertiary/aromatic N) is 2. The summed E-state index contributed by atoms with van der Waals surface area (Å²) in [7, 11) is -2.08. The second-order valence-corrected chi connectivity index (χ2v) is 8.27. The maximum atomic E-state index is 13.0. The third-order valence-corrected chi connectivity index (χ3v) is 6.96. The number of aromatic nitrogens is 1. The first-order valence-corrected chi connectivity index (χ1v) is 9.68. The summed E-state index contributed by atoms with van der Waals surface area (Å²) in [5.41, 5.74) is 0. The van der Waals surface area contributed by atoms with Crippen LogP contribution in [0.1, 0.15) is 38.5 Å². The Hall–Kier alpha value is -1.18. The minimum atomic E-state index is -3.58. The average molecular weight is 340 g/mol. The van der Waals surface area contributed by atoms with Crippen LogP contribution < -0.4 is 4.74 Å². The Labute approximate surface area is 137 Å². The van der Waals surface area contributed by atoms with Crippen molar-refractivity contribution in [2.45, 2.75) is 55.6 Å². The van der Waals surface area contributed by atoms with Crippen molar-refractivity contribution in [2.75, 3.05) is 13.7 Å². The fraction of sp³-hybridized carbons (Fsp3) is 0.688. The Morgan fingerprint density at radius 2 is 2.00 bits per heavy atom. The van der Waals surface area contributed by atoms with Crippen LogP contribution in [0.5, 0.6) is 5.88 Å². The highest BCUT2D eigenvalue weighted by atomic mass is 32.2. The molecule has 6 nitrogen and oxygen atoms in total. The standard InChI is InChI=1S/C16H24N2O4S/c1-22-16-9-8-12(11-17-16)23(20,21)18-10-4-6-14(18)13-5-2-3-7-15(13)19/h8-9,11,13-15,19H,2-7,10H2,1H3/t13-,14+,15+/m0/s1. The van der Waals surface area contributed by atoms with E-state index in [1.165, 1.54) is 19.4 Å². The second-order valence-electron chi connectivity index (χ2n) is 6.38. The zero-order valence-electron chi connectivity index (χ0n) is 13.4. The molecule has 2 fully saturated rings. The van der Waals surface area contributed by atoms with Crippen molar-refractivity contribution in [3.8, 4) is 5.88 Å². The molecule has 0 bridgehead atoms. The van der Waals surface area contributed by atoms with Gasteiger partial charge in [0.1, 0.15) is 4.90 Å². The lowest BCUT2D eigenvalue weighted by Crippen LogP contribution is -2.45. The first-order chi connectivity index (χ1) is 11.0. The van der Waals surface area contributed by atoms with Crippen LogP contribution >= 0.6 is 0 Å². The van der Waals surface area contributed by atoms with E-state index >= 15 is 0 Å². The third kappa shape index (κ3) is 3.22. The molecule has 1 aliphatic carbocycles. The quantitative estimate of drug-likeness (QED) is 0.904. The van der Waals surface area contributed by atoms with Crippen molar-refractivity contribution in [1.29, 1.82) is 0 Å². The number of aliphatic hydroxyl groups is 1. The number of rotatable bonds is 4. The van der Waals surface area contributed by atoms with Crippen LogP contribution in [-0.4, -0.2) is 48.6 Å². The molecule has 1 saturated carbocycles. The van der Waals surface area contributed by atoms with Crippen molar-refractivity contribution < 1.29 is 18.3 Å². The molecule has 1 saturated heterocycles. The molecule has 0 unspecified atom stereocenters. The summed E-state index contributed by atoms with van der Waals surface area (Å²) in [5.74, 6) is 0.442. The lowest BCUT2D eigenvalue weighted by atomic mass is 9.81. The number of sulfonamides is 1.